The maximum atomic E-state index is 12.3. The van der Waals surface area contributed by atoms with E-state index in [-0.39, 0.29) is 17.9 Å². The summed E-state index contributed by atoms with van der Waals surface area (Å²) in [6.45, 7) is 3.64. The Morgan fingerprint density at radius 1 is 1.07 bits per heavy atom. The van der Waals surface area contributed by atoms with E-state index in [0.717, 1.165) is 22.1 Å². The lowest BCUT2D eigenvalue weighted by molar-refractivity contribution is -0.115. The second-order valence-electron chi connectivity index (χ2n) is 6.58. The largest absolute Gasteiger partial charge is 0.359 e. The van der Waals surface area contributed by atoms with Crippen LogP contribution in [0.15, 0.2) is 57.8 Å². The number of rotatable bonds is 4. The van der Waals surface area contributed by atoms with E-state index in [4.69, 9.17) is 4.52 Å². The molecule has 7 nitrogen and oxygen atoms in total. The van der Waals surface area contributed by atoms with Gasteiger partial charge in [-0.15, -0.1) is 0 Å². The predicted octanol–water partition coefficient (Wildman–Crippen LogP) is 3.38. The first-order chi connectivity index (χ1) is 13.5. The Hall–Kier alpha value is -3.74. The minimum atomic E-state index is -0.217. The van der Waals surface area contributed by atoms with Crippen LogP contribution in [0.4, 0.5) is 5.82 Å². The zero-order valence-electron chi connectivity index (χ0n) is 15.4. The van der Waals surface area contributed by atoms with Gasteiger partial charge in [0, 0.05) is 16.5 Å². The van der Waals surface area contributed by atoms with Crippen molar-refractivity contribution in [1.82, 2.24) is 15.4 Å². The number of nitrogens with zero attached hydrogens (tertiary/aromatic N) is 2. The highest BCUT2D eigenvalue weighted by atomic mass is 16.5. The molecule has 0 atom stereocenters. The van der Waals surface area contributed by atoms with E-state index in [2.05, 4.69) is 20.7 Å². The predicted molar refractivity (Wildman–Crippen MR) is 106 cm³/mol. The standard InChI is InChI=1S/C21H18N4O3/c1-12-13(2)28-25-20(12)22-18(26)11-14-7-9-15(10-8-14)19-16-5-3-4-6-17(16)21(27)24-23-19/h3-10H,11H2,1-2H3,(H,24,27)(H,22,25,26). The number of aryl methyl sites for hydroxylation is 1. The molecule has 1 amide bonds. The number of benzene rings is 2. The van der Waals surface area contributed by atoms with Crippen LogP contribution in [-0.4, -0.2) is 21.3 Å². The highest BCUT2D eigenvalue weighted by Gasteiger charge is 2.13. The van der Waals surface area contributed by atoms with Crippen molar-refractivity contribution in [3.8, 4) is 11.3 Å². The van der Waals surface area contributed by atoms with Crippen LogP contribution in [-0.2, 0) is 11.2 Å². The molecule has 0 bridgehead atoms. The van der Waals surface area contributed by atoms with Gasteiger partial charge in [0.15, 0.2) is 5.82 Å². The first-order valence-electron chi connectivity index (χ1n) is 8.82. The second kappa shape index (κ2) is 7.11. The van der Waals surface area contributed by atoms with E-state index >= 15 is 0 Å². The molecule has 2 aromatic carbocycles. The van der Waals surface area contributed by atoms with Crippen LogP contribution in [0, 0.1) is 13.8 Å². The minimum absolute atomic E-state index is 0.170. The molecule has 140 valence electrons. The Balaban J connectivity index is 1.55. The summed E-state index contributed by atoms with van der Waals surface area (Å²) in [5.74, 6) is 0.958. The van der Waals surface area contributed by atoms with Gasteiger partial charge in [-0.3, -0.25) is 9.59 Å². The molecule has 2 heterocycles. The zero-order valence-corrected chi connectivity index (χ0v) is 15.4. The van der Waals surface area contributed by atoms with Crippen LogP contribution in [0.3, 0.4) is 0 Å². The van der Waals surface area contributed by atoms with Crippen LogP contribution in [0.2, 0.25) is 0 Å². The van der Waals surface area contributed by atoms with Crippen molar-refractivity contribution in [2.45, 2.75) is 20.3 Å². The van der Waals surface area contributed by atoms with Gasteiger partial charge in [0.25, 0.3) is 5.56 Å². The van der Waals surface area contributed by atoms with Crippen LogP contribution >= 0.6 is 0 Å². The average Bonchev–Trinajstić information content (AvgIpc) is 3.01. The third-order valence-electron chi connectivity index (χ3n) is 4.70. The first-order valence-corrected chi connectivity index (χ1v) is 8.82. The Kier molecular flexibility index (Phi) is 4.49. The number of fused-ring (bicyclic) bond motifs is 1. The third kappa shape index (κ3) is 3.29. The lowest BCUT2D eigenvalue weighted by Crippen LogP contribution is -2.15. The summed E-state index contributed by atoms with van der Waals surface area (Å²) in [7, 11) is 0. The summed E-state index contributed by atoms with van der Waals surface area (Å²) in [5, 5.41) is 14.7. The van der Waals surface area contributed by atoms with Crippen molar-refractivity contribution in [3.63, 3.8) is 0 Å². The number of hydrogen-bond acceptors (Lipinski definition) is 5. The molecular formula is C21H18N4O3. The van der Waals surface area contributed by atoms with Gasteiger partial charge in [-0.05, 0) is 25.5 Å². The van der Waals surface area contributed by atoms with Gasteiger partial charge in [-0.1, -0.05) is 47.6 Å². The average molecular weight is 374 g/mol. The van der Waals surface area contributed by atoms with E-state index in [9.17, 15) is 9.59 Å². The molecule has 0 aliphatic carbocycles. The minimum Gasteiger partial charge on any atom is -0.359 e. The maximum absolute atomic E-state index is 12.3. The monoisotopic (exact) mass is 374 g/mol. The summed E-state index contributed by atoms with van der Waals surface area (Å²) in [5.41, 5.74) is 3.01. The second-order valence-corrected chi connectivity index (χ2v) is 6.58. The lowest BCUT2D eigenvalue weighted by atomic mass is 10.0. The zero-order chi connectivity index (χ0) is 19.7. The number of hydrogen-bond donors (Lipinski definition) is 2. The number of aromatic nitrogens is 3. The molecule has 0 unspecified atom stereocenters. The van der Waals surface area contributed by atoms with Crippen LogP contribution < -0.4 is 10.9 Å². The molecular weight excluding hydrogens is 356 g/mol. The molecule has 4 rings (SSSR count). The van der Waals surface area contributed by atoms with E-state index in [1.165, 1.54) is 0 Å². The first kappa shape index (κ1) is 17.7. The fraction of sp³-hybridized carbons (Fsp3) is 0.143. The maximum Gasteiger partial charge on any atom is 0.272 e. The van der Waals surface area contributed by atoms with E-state index in [1.807, 2.05) is 49.4 Å². The molecule has 0 radical (unpaired) electrons. The molecule has 0 saturated heterocycles. The number of H-pyrrole nitrogens is 1. The van der Waals surface area contributed by atoms with Gasteiger partial charge >= 0.3 is 0 Å². The molecule has 2 aromatic heterocycles. The molecule has 0 fully saturated rings. The van der Waals surface area contributed by atoms with Crippen molar-refractivity contribution in [3.05, 3.63) is 75.8 Å². The molecule has 28 heavy (non-hydrogen) atoms. The van der Waals surface area contributed by atoms with Crippen molar-refractivity contribution < 1.29 is 9.32 Å². The van der Waals surface area contributed by atoms with Crippen molar-refractivity contribution in [1.29, 1.82) is 0 Å². The highest BCUT2D eigenvalue weighted by Crippen LogP contribution is 2.24. The van der Waals surface area contributed by atoms with E-state index in [0.29, 0.717) is 22.7 Å². The fourth-order valence-electron chi connectivity index (χ4n) is 3.01. The number of carbonyl (C=O) groups excluding carboxylic acids is 1. The van der Waals surface area contributed by atoms with Gasteiger partial charge < -0.3 is 9.84 Å². The molecule has 0 aliphatic rings. The number of amides is 1. The summed E-state index contributed by atoms with van der Waals surface area (Å²) in [6, 6.07) is 14.9. The quantitative estimate of drug-likeness (QED) is 0.570. The Morgan fingerprint density at radius 3 is 2.46 bits per heavy atom. The molecule has 4 aromatic rings. The number of anilines is 1. The Morgan fingerprint density at radius 2 is 1.79 bits per heavy atom. The highest BCUT2D eigenvalue weighted by molar-refractivity contribution is 5.94. The summed E-state index contributed by atoms with van der Waals surface area (Å²) >= 11 is 0. The van der Waals surface area contributed by atoms with Gasteiger partial charge in [0.2, 0.25) is 5.91 Å². The van der Waals surface area contributed by atoms with Gasteiger partial charge in [-0.2, -0.15) is 5.10 Å². The summed E-state index contributed by atoms with van der Waals surface area (Å²) in [6.07, 6.45) is 0.214. The van der Waals surface area contributed by atoms with Crippen molar-refractivity contribution in [2.24, 2.45) is 0 Å². The van der Waals surface area contributed by atoms with Gasteiger partial charge in [0.05, 0.1) is 17.5 Å². The van der Waals surface area contributed by atoms with Crippen LogP contribution in [0.25, 0.3) is 22.0 Å². The van der Waals surface area contributed by atoms with Crippen molar-refractivity contribution in [2.75, 3.05) is 5.32 Å². The SMILES string of the molecule is Cc1onc(NC(=O)Cc2ccc(-c3n[nH]c(=O)c4ccccc34)cc2)c1C. The molecule has 0 aliphatic heterocycles. The Bertz CT molecular complexity index is 1220. The van der Waals surface area contributed by atoms with E-state index in [1.54, 1.807) is 13.0 Å². The summed E-state index contributed by atoms with van der Waals surface area (Å²) < 4.78 is 5.06. The van der Waals surface area contributed by atoms with Crippen molar-refractivity contribution >= 4 is 22.5 Å². The fourth-order valence-corrected chi connectivity index (χ4v) is 3.01. The van der Waals surface area contributed by atoms with Gasteiger partial charge in [0.1, 0.15) is 5.76 Å². The van der Waals surface area contributed by atoms with Crippen LogP contribution in [0.1, 0.15) is 16.9 Å². The molecule has 7 heteroatoms. The normalized spacial score (nSPS) is 10.9. The van der Waals surface area contributed by atoms with Crippen LogP contribution in [0.5, 0.6) is 0 Å². The number of nitrogens with one attached hydrogen (secondary N) is 2. The third-order valence-corrected chi connectivity index (χ3v) is 4.70. The molecule has 2 N–H and O–H groups in total. The smallest absolute Gasteiger partial charge is 0.272 e. The number of carbonyl (C=O) groups is 1. The molecule has 0 saturated carbocycles. The summed E-state index contributed by atoms with van der Waals surface area (Å²) in [4.78, 5) is 24.2. The molecule has 0 spiro atoms. The lowest BCUT2D eigenvalue weighted by Gasteiger charge is -2.07. The topological polar surface area (TPSA) is 101 Å². The Labute approximate surface area is 160 Å². The van der Waals surface area contributed by atoms with E-state index < -0.39 is 0 Å². The number of aromatic amines is 1. The van der Waals surface area contributed by atoms with Gasteiger partial charge in [-0.25, -0.2) is 5.10 Å².